The highest BCUT2D eigenvalue weighted by molar-refractivity contribution is 8.11. The Morgan fingerprint density at radius 1 is 0.857 bits per heavy atom. The van der Waals surface area contributed by atoms with E-state index in [2.05, 4.69) is 0 Å². The van der Waals surface area contributed by atoms with Crippen LogP contribution in [0.5, 0.6) is 0 Å². The summed E-state index contributed by atoms with van der Waals surface area (Å²) in [7, 11) is -2.20. The van der Waals surface area contributed by atoms with Crippen LogP contribution in [-0.4, -0.2) is 59.5 Å². The molecule has 0 bridgehead atoms. The van der Waals surface area contributed by atoms with Crippen molar-refractivity contribution in [1.29, 1.82) is 0 Å². The fourth-order valence-corrected chi connectivity index (χ4v) is 4.43. The average molecular weight is 405 g/mol. The van der Waals surface area contributed by atoms with Crippen molar-refractivity contribution in [3.63, 3.8) is 0 Å². The van der Waals surface area contributed by atoms with Crippen molar-refractivity contribution in [2.45, 2.75) is 4.90 Å². The summed E-state index contributed by atoms with van der Waals surface area (Å²) in [4.78, 5) is 57.6. The monoisotopic (exact) mass is 405 g/mol. The first-order valence-electron chi connectivity index (χ1n) is 7.42. The van der Waals surface area contributed by atoms with Crippen LogP contribution in [0.25, 0.3) is 0 Å². The Bertz CT molecular complexity index is 1110. The zero-order chi connectivity index (χ0) is 20.9. The van der Waals surface area contributed by atoms with Crippen molar-refractivity contribution in [1.82, 2.24) is 0 Å². The van der Waals surface area contributed by atoms with Crippen molar-refractivity contribution in [2.75, 3.05) is 0 Å². The second kappa shape index (κ2) is 6.55. The predicted octanol–water partition coefficient (Wildman–Crippen LogP) is 0.862. The largest absolute Gasteiger partial charge is 0.799 e. The van der Waals surface area contributed by atoms with E-state index in [0.717, 1.165) is 24.3 Å². The lowest BCUT2D eigenvalue weighted by Crippen LogP contribution is -2.32. The van der Waals surface area contributed by atoms with Gasteiger partial charge in [-0.15, -0.1) is 0 Å². The number of allylic oxidation sites excluding steroid dienone is 2. The molecule has 1 aliphatic heterocycles. The Balaban J connectivity index is 2.34. The molecule has 144 valence electrons. The van der Waals surface area contributed by atoms with Gasteiger partial charge in [0.25, 0.3) is 0 Å². The Labute approximate surface area is 157 Å². The number of hydrogen-bond donors (Lipinski definition) is 4. The molecule has 0 fully saturated rings. The number of aliphatic carboxylic acids is 2. The predicted molar refractivity (Wildman–Crippen MR) is 91.3 cm³/mol. The quantitative estimate of drug-likeness (QED) is 0.523. The molecule has 0 saturated heterocycles. The lowest BCUT2D eigenvalue weighted by atomic mass is 9.84. The molecule has 0 saturated carbocycles. The minimum Gasteiger partial charge on any atom is -0.799 e. The first-order chi connectivity index (χ1) is 13.0. The van der Waals surface area contributed by atoms with Gasteiger partial charge in [0.2, 0.25) is 0 Å². The summed E-state index contributed by atoms with van der Waals surface area (Å²) in [6, 6.07) is 1.58. The summed E-state index contributed by atoms with van der Waals surface area (Å²) < 4.78 is 12.9. The highest BCUT2D eigenvalue weighted by Gasteiger charge is 2.36. The van der Waals surface area contributed by atoms with Gasteiger partial charge in [0.05, 0.1) is 28.2 Å². The van der Waals surface area contributed by atoms with Crippen molar-refractivity contribution >= 4 is 45.3 Å². The molecule has 0 radical (unpaired) electrons. The minimum atomic E-state index is -2.20. The second-order valence-electron chi connectivity index (χ2n) is 5.77. The lowest BCUT2D eigenvalue weighted by molar-refractivity contribution is -0.136. The van der Waals surface area contributed by atoms with Gasteiger partial charge in [-0.3, -0.25) is 4.79 Å². The van der Waals surface area contributed by atoms with Crippen molar-refractivity contribution in [3.8, 4) is 0 Å². The van der Waals surface area contributed by atoms with Crippen LogP contribution in [0.1, 0.15) is 31.1 Å². The van der Waals surface area contributed by atoms with E-state index in [0.29, 0.717) is 0 Å². The number of carbonyl (C=O) groups is 5. The molecule has 10 nitrogen and oxygen atoms in total. The Morgan fingerprint density at radius 2 is 1.39 bits per heavy atom. The van der Waals surface area contributed by atoms with E-state index in [1.165, 1.54) is 0 Å². The fourth-order valence-electron chi connectivity index (χ4n) is 2.96. The molecule has 1 aliphatic carbocycles. The van der Waals surface area contributed by atoms with Gasteiger partial charge in [0.1, 0.15) is 0 Å². The minimum absolute atomic E-state index is 0.223. The van der Waals surface area contributed by atoms with Gasteiger partial charge in [0.15, 0.2) is 5.78 Å². The zero-order valence-corrected chi connectivity index (χ0v) is 14.3. The Morgan fingerprint density at radius 3 is 1.89 bits per heavy atom. The van der Waals surface area contributed by atoms with Gasteiger partial charge in [-0.1, -0.05) is 6.08 Å². The summed E-state index contributed by atoms with van der Waals surface area (Å²) in [6.07, 6.45) is 1.66. The Hall–Kier alpha value is -3.57. The van der Waals surface area contributed by atoms with Crippen LogP contribution < -0.4 is 0 Å². The topological polar surface area (TPSA) is 189 Å². The zero-order valence-electron chi connectivity index (χ0n) is 13.5. The van der Waals surface area contributed by atoms with Crippen LogP contribution in [0.3, 0.4) is 0 Å². The van der Waals surface area contributed by atoms with Crippen molar-refractivity contribution in [2.24, 2.45) is 5.92 Å². The summed E-state index contributed by atoms with van der Waals surface area (Å²) in [5.74, 6) is -8.64. The molecule has 1 aromatic rings. The van der Waals surface area contributed by atoms with Crippen molar-refractivity contribution in [3.05, 3.63) is 52.1 Å². The van der Waals surface area contributed by atoms with Gasteiger partial charge < -0.3 is 25.0 Å². The third-order valence-corrected chi connectivity index (χ3v) is 5.76. The molecular formula is C17H9O10S-. The van der Waals surface area contributed by atoms with E-state index in [1.54, 1.807) is 0 Å². The van der Waals surface area contributed by atoms with Crippen molar-refractivity contribution < 1.29 is 49.0 Å². The van der Waals surface area contributed by atoms with E-state index >= 15 is 0 Å². The maximum Gasteiger partial charge on any atom is 0.336 e. The molecule has 2 unspecified atom stereocenters. The van der Waals surface area contributed by atoms with E-state index < -0.39 is 68.6 Å². The molecule has 11 heteroatoms. The molecule has 1 heterocycles. The summed E-state index contributed by atoms with van der Waals surface area (Å²) in [6.45, 7) is 0. The van der Waals surface area contributed by atoms with E-state index in [9.17, 15) is 49.0 Å². The number of carboxylic acid groups (broad SMARTS) is 4. The van der Waals surface area contributed by atoms with Crippen LogP contribution >= 0.6 is 10.8 Å². The maximum absolute atomic E-state index is 12.9. The SMILES string of the molecule is O=C(O)C1=CC2=S([O-])c3cc(C(=O)O)c(C(=O)O)cc3C(=O)C2C=C1C(=O)O. The van der Waals surface area contributed by atoms with E-state index in [-0.39, 0.29) is 15.3 Å². The first kappa shape index (κ1) is 19.2. The molecule has 28 heavy (non-hydrogen) atoms. The van der Waals surface area contributed by atoms with Crippen LogP contribution in [0.4, 0.5) is 0 Å². The molecule has 0 aromatic heterocycles. The van der Waals surface area contributed by atoms with Crippen LogP contribution in [0.2, 0.25) is 0 Å². The lowest BCUT2D eigenvalue weighted by Gasteiger charge is -2.33. The van der Waals surface area contributed by atoms with Gasteiger partial charge >= 0.3 is 23.9 Å². The number of Topliss-reactive ketones (excluding diaryl/α,β-unsaturated/α-hetero) is 1. The standard InChI is InChI=1S/C17H9O10S/c18-13-9-1-5(14(19)20)7(16(23)24)3-11(9)28(27)12-4-8(17(25)26)6(15(21)22)2-10(12)13/h1-4,9H,(H4-,19,20,21,22,23,24,25,26,27)/q-1. The summed E-state index contributed by atoms with van der Waals surface area (Å²) in [5, 5.41) is 36.8. The first-order valence-corrected chi connectivity index (χ1v) is 8.57. The summed E-state index contributed by atoms with van der Waals surface area (Å²) in [5.41, 5.74) is -3.06. The normalized spacial score (nSPS) is 20.5. The number of fused-ring (bicyclic) bond motifs is 2. The fraction of sp³-hybridized carbons (Fsp3) is 0.0588. The number of rotatable bonds is 4. The van der Waals surface area contributed by atoms with Gasteiger partial charge in [-0.2, -0.15) is 0 Å². The highest BCUT2D eigenvalue weighted by Crippen LogP contribution is 2.41. The second-order valence-corrected chi connectivity index (χ2v) is 7.21. The number of aromatic carboxylic acids is 2. The van der Waals surface area contributed by atoms with Gasteiger partial charge in [0, 0.05) is 10.5 Å². The average Bonchev–Trinajstić information content (AvgIpc) is 2.63. The van der Waals surface area contributed by atoms with Gasteiger partial charge in [-0.25, -0.2) is 29.9 Å². The molecule has 2 atom stereocenters. The number of ketones is 1. The van der Waals surface area contributed by atoms with Crippen LogP contribution in [-0.2, 0) is 9.59 Å². The number of carboxylic acids is 4. The molecule has 3 rings (SSSR count). The van der Waals surface area contributed by atoms with Crippen LogP contribution in [0.15, 0.2) is 40.3 Å². The Kier molecular flexibility index (Phi) is 4.49. The third kappa shape index (κ3) is 2.82. The van der Waals surface area contributed by atoms with E-state index in [4.69, 9.17) is 0 Å². The highest BCUT2D eigenvalue weighted by atomic mass is 32.2. The molecule has 0 amide bonds. The number of hydrogen-bond acceptors (Lipinski definition) is 6. The molecule has 0 spiro atoms. The molecule has 1 aromatic carbocycles. The number of carbonyl (C=O) groups excluding carboxylic acids is 1. The molecule has 2 aliphatic rings. The third-order valence-electron chi connectivity index (χ3n) is 4.22. The summed E-state index contributed by atoms with van der Waals surface area (Å²) >= 11 is 0. The smallest absolute Gasteiger partial charge is 0.336 e. The molecule has 4 N–H and O–H groups in total. The number of benzene rings is 1. The maximum atomic E-state index is 12.9. The van der Waals surface area contributed by atoms with Gasteiger partial charge in [-0.05, 0) is 23.1 Å². The van der Waals surface area contributed by atoms with Crippen LogP contribution in [0, 0.1) is 5.92 Å². The van der Waals surface area contributed by atoms with E-state index in [1.807, 2.05) is 0 Å². The molecular weight excluding hydrogens is 396 g/mol.